The summed E-state index contributed by atoms with van der Waals surface area (Å²) in [6.07, 6.45) is 2.02. The van der Waals surface area contributed by atoms with E-state index in [4.69, 9.17) is 4.42 Å². The predicted molar refractivity (Wildman–Crippen MR) is 128 cm³/mol. The third kappa shape index (κ3) is 3.62. The van der Waals surface area contributed by atoms with E-state index in [1.807, 2.05) is 23.6 Å². The largest absolute Gasteiger partial charge is 0.461 e. The van der Waals surface area contributed by atoms with Crippen molar-refractivity contribution >= 4 is 39.4 Å². The van der Waals surface area contributed by atoms with Gasteiger partial charge in [0, 0.05) is 41.3 Å². The van der Waals surface area contributed by atoms with Crippen molar-refractivity contribution in [3.63, 3.8) is 0 Å². The van der Waals surface area contributed by atoms with Gasteiger partial charge in [-0.2, -0.15) is 0 Å². The number of carbonyl (C=O) groups is 1. The molecule has 0 fully saturated rings. The van der Waals surface area contributed by atoms with Crippen molar-refractivity contribution in [3.05, 3.63) is 66.4 Å². The van der Waals surface area contributed by atoms with Gasteiger partial charge < -0.3 is 8.98 Å². The number of ketones is 1. The highest BCUT2D eigenvalue weighted by atomic mass is 32.2. The van der Waals surface area contributed by atoms with Crippen molar-refractivity contribution in [2.75, 3.05) is 5.75 Å². The summed E-state index contributed by atoms with van der Waals surface area (Å²) in [4.78, 5) is 12.8. The fourth-order valence-electron chi connectivity index (χ4n) is 4.24. The maximum absolute atomic E-state index is 12.8. The number of carbonyl (C=O) groups excluding carboxylic acids is 1. The zero-order valence-corrected chi connectivity index (χ0v) is 18.9. The lowest BCUT2D eigenvalue weighted by Crippen LogP contribution is -2.07. The number of hydrogen-bond donors (Lipinski definition) is 0. The molecule has 5 rings (SSSR count). The van der Waals surface area contributed by atoms with Crippen molar-refractivity contribution < 1.29 is 9.21 Å². The molecule has 0 atom stereocenters. The molecule has 32 heavy (non-hydrogen) atoms. The minimum atomic E-state index is 0.166. The Labute approximate surface area is 190 Å². The lowest BCUT2D eigenvalue weighted by atomic mass is 10.1. The van der Waals surface area contributed by atoms with Gasteiger partial charge in [-0.05, 0) is 49.7 Å². The molecule has 0 N–H and O–H groups in total. The van der Waals surface area contributed by atoms with E-state index >= 15 is 0 Å². The molecule has 5 aromatic rings. The highest BCUT2D eigenvalue weighted by Gasteiger charge is 2.17. The molecule has 7 heteroatoms. The van der Waals surface area contributed by atoms with E-state index in [9.17, 15) is 4.79 Å². The second-order valence-electron chi connectivity index (χ2n) is 7.64. The number of fused-ring (bicyclic) bond motifs is 3. The summed E-state index contributed by atoms with van der Waals surface area (Å²) in [5.74, 6) is 1.88. The number of aromatic nitrogens is 4. The Kier molecular flexibility index (Phi) is 5.57. The fraction of sp³-hybridized carbons (Fsp3) is 0.240. The van der Waals surface area contributed by atoms with Crippen LogP contribution in [0.1, 0.15) is 19.4 Å². The van der Waals surface area contributed by atoms with E-state index in [0.29, 0.717) is 30.3 Å². The standard InChI is InChI=1S/C25H24N4O2S/c1-3-28-21-9-6-5-8-19(21)20-15-17(11-12-22(20)28)14-18(30)16-32-25-27-26-24(29(25)4-2)23-10-7-13-31-23/h5-13,15H,3-4,14,16H2,1-2H3. The van der Waals surface area contributed by atoms with E-state index in [1.54, 1.807) is 6.26 Å². The zero-order chi connectivity index (χ0) is 22.1. The van der Waals surface area contributed by atoms with Crippen molar-refractivity contribution in [2.24, 2.45) is 0 Å². The summed E-state index contributed by atoms with van der Waals surface area (Å²) in [6, 6.07) is 18.5. The maximum atomic E-state index is 12.8. The summed E-state index contributed by atoms with van der Waals surface area (Å²) in [5, 5.41) is 11.7. The Balaban J connectivity index is 1.33. The van der Waals surface area contributed by atoms with Crippen LogP contribution in [-0.2, 0) is 24.3 Å². The number of Topliss-reactive ketones (excluding diaryl/α,β-unsaturated/α-hetero) is 1. The number of aryl methyl sites for hydroxylation is 1. The molecule has 0 unspecified atom stereocenters. The SMILES string of the molecule is CCn1c(SCC(=O)Cc2ccc3c(c2)c2ccccc2n3CC)nnc1-c1ccco1. The van der Waals surface area contributed by atoms with Crippen LogP contribution in [0.2, 0.25) is 0 Å². The van der Waals surface area contributed by atoms with Gasteiger partial charge in [-0.15, -0.1) is 10.2 Å². The smallest absolute Gasteiger partial charge is 0.200 e. The minimum absolute atomic E-state index is 0.166. The number of hydrogen-bond acceptors (Lipinski definition) is 5. The van der Waals surface area contributed by atoms with E-state index in [1.165, 1.54) is 33.6 Å². The molecule has 2 aromatic carbocycles. The van der Waals surface area contributed by atoms with Crippen LogP contribution in [0.25, 0.3) is 33.4 Å². The van der Waals surface area contributed by atoms with Crippen molar-refractivity contribution in [3.8, 4) is 11.6 Å². The number of para-hydroxylation sites is 1. The topological polar surface area (TPSA) is 65.8 Å². The van der Waals surface area contributed by atoms with Gasteiger partial charge in [-0.1, -0.05) is 36.0 Å². The summed E-state index contributed by atoms with van der Waals surface area (Å²) < 4.78 is 9.75. The fourth-order valence-corrected chi connectivity index (χ4v) is 5.11. The molecule has 0 radical (unpaired) electrons. The first-order valence-electron chi connectivity index (χ1n) is 10.8. The van der Waals surface area contributed by atoms with E-state index in [-0.39, 0.29) is 5.78 Å². The third-order valence-electron chi connectivity index (χ3n) is 5.69. The van der Waals surface area contributed by atoms with Crippen LogP contribution >= 0.6 is 11.8 Å². The minimum Gasteiger partial charge on any atom is -0.461 e. The Hall–Kier alpha value is -3.32. The molecular formula is C25H24N4O2S. The normalized spacial score (nSPS) is 11.6. The Bertz CT molecular complexity index is 1400. The first-order chi connectivity index (χ1) is 15.7. The summed E-state index contributed by atoms with van der Waals surface area (Å²) >= 11 is 1.43. The molecule has 0 aliphatic carbocycles. The number of furan rings is 1. The molecule has 0 saturated carbocycles. The van der Waals surface area contributed by atoms with Gasteiger partial charge in [0.15, 0.2) is 16.7 Å². The molecule has 6 nitrogen and oxygen atoms in total. The first-order valence-corrected chi connectivity index (χ1v) is 11.8. The van der Waals surface area contributed by atoms with E-state index in [2.05, 4.69) is 64.2 Å². The van der Waals surface area contributed by atoms with Gasteiger partial charge in [0.1, 0.15) is 5.78 Å². The monoisotopic (exact) mass is 444 g/mol. The van der Waals surface area contributed by atoms with Crippen LogP contribution in [0.5, 0.6) is 0 Å². The van der Waals surface area contributed by atoms with Crippen LogP contribution in [0.15, 0.2) is 70.4 Å². The number of rotatable bonds is 8. The highest BCUT2D eigenvalue weighted by Crippen LogP contribution is 2.30. The summed E-state index contributed by atoms with van der Waals surface area (Å²) in [6.45, 7) is 5.81. The Morgan fingerprint density at radius 1 is 0.938 bits per heavy atom. The molecule has 0 amide bonds. The number of thioether (sulfide) groups is 1. The lowest BCUT2D eigenvalue weighted by Gasteiger charge is -2.06. The molecular weight excluding hydrogens is 420 g/mol. The van der Waals surface area contributed by atoms with Crippen LogP contribution in [0.4, 0.5) is 0 Å². The Morgan fingerprint density at radius 2 is 1.75 bits per heavy atom. The predicted octanol–water partition coefficient (Wildman–Crippen LogP) is 5.59. The maximum Gasteiger partial charge on any atom is 0.200 e. The average molecular weight is 445 g/mol. The molecule has 3 aromatic heterocycles. The highest BCUT2D eigenvalue weighted by molar-refractivity contribution is 7.99. The van der Waals surface area contributed by atoms with E-state index in [0.717, 1.165) is 17.3 Å². The van der Waals surface area contributed by atoms with Crippen LogP contribution in [-0.4, -0.2) is 30.9 Å². The number of nitrogens with zero attached hydrogens (tertiary/aromatic N) is 4. The zero-order valence-electron chi connectivity index (χ0n) is 18.1. The average Bonchev–Trinajstić information content (AvgIpc) is 3.54. The molecule has 0 aliphatic rings. The molecule has 3 heterocycles. The van der Waals surface area contributed by atoms with Gasteiger partial charge in [-0.25, -0.2) is 0 Å². The lowest BCUT2D eigenvalue weighted by molar-refractivity contribution is -0.116. The van der Waals surface area contributed by atoms with Crippen molar-refractivity contribution in [1.29, 1.82) is 0 Å². The molecule has 0 spiro atoms. The molecule has 162 valence electrons. The molecule has 0 saturated heterocycles. The van der Waals surface area contributed by atoms with Gasteiger partial charge in [0.05, 0.1) is 12.0 Å². The first kappa shape index (κ1) is 20.6. The van der Waals surface area contributed by atoms with Gasteiger partial charge in [-0.3, -0.25) is 9.36 Å². The quantitative estimate of drug-likeness (QED) is 0.292. The summed E-state index contributed by atoms with van der Waals surface area (Å²) in [7, 11) is 0. The second kappa shape index (κ2) is 8.67. The van der Waals surface area contributed by atoms with Crippen molar-refractivity contribution in [1.82, 2.24) is 19.3 Å². The van der Waals surface area contributed by atoms with Crippen LogP contribution in [0, 0.1) is 0 Å². The van der Waals surface area contributed by atoms with Gasteiger partial charge >= 0.3 is 0 Å². The van der Waals surface area contributed by atoms with Crippen molar-refractivity contribution in [2.45, 2.75) is 38.5 Å². The van der Waals surface area contributed by atoms with Crippen LogP contribution in [0.3, 0.4) is 0 Å². The third-order valence-corrected chi connectivity index (χ3v) is 6.72. The number of benzene rings is 2. The Morgan fingerprint density at radius 3 is 2.53 bits per heavy atom. The van der Waals surface area contributed by atoms with Gasteiger partial charge in [0.25, 0.3) is 0 Å². The van der Waals surface area contributed by atoms with E-state index < -0.39 is 0 Å². The second-order valence-corrected chi connectivity index (χ2v) is 8.59. The molecule has 0 aliphatic heterocycles. The molecule has 0 bridgehead atoms. The summed E-state index contributed by atoms with van der Waals surface area (Å²) in [5.41, 5.74) is 3.48. The van der Waals surface area contributed by atoms with Crippen LogP contribution < -0.4 is 0 Å². The van der Waals surface area contributed by atoms with Gasteiger partial charge in [0.2, 0.25) is 0 Å².